The van der Waals surface area contributed by atoms with Crippen LogP contribution in [0.15, 0.2) is 30.3 Å². The number of carbonyl (C=O) groups is 2. The first kappa shape index (κ1) is 13.3. The molecule has 1 aromatic rings. The summed E-state index contributed by atoms with van der Waals surface area (Å²) in [5, 5.41) is 9.24. The monoisotopic (exact) mass is 292 g/mol. The Morgan fingerprint density at radius 1 is 1.35 bits per heavy atom. The van der Waals surface area contributed by atoms with E-state index in [0.29, 0.717) is 18.8 Å². The van der Waals surface area contributed by atoms with E-state index in [1.165, 1.54) is 0 Å². The van der Waals surface area contributed by atoms with Crippen LogP contribution in [0.2, 0.25) is 0 Å². The number of thioether (sulfide) groups is 1. The predicted molar refractivity (Wildman–Crippen MR) is 76.4 cm³/mol. The van der Waals surface area contributed by atoms with Crippen LogP contribution in [0.3, 0.4) is 0 Å². The van der Waals surface area contributed by atoms with Crippen LogP contribution in [-0.4, -0.2) is 50.6 Å². The van der Waals surface area contributed by atoms with E-state index in [-0.39, 0.29) is 11.4 Å². The van der Waals surface area contributed by atoms with E-state index in [9.17, 15) is 14.7 Å². The van der Waals surface area contributed by atoms with Gasteiger partial charge in [-0.2, -0.15) is 0 Å². The van der Waals surface area contributed by atoms with Crippen molar-refractivity contribution in [3.05, 3.63) is 35.9 Å². The summed E-state index contributed by atoms with van der Waals surface area (Å²) in [5.41, 5.74) is 1.07. The minimum absolute atomic E-state index is 0.0237. The first-order chi connectivity index (χ1) is 9.66. The Balaban J connectivity index is 1.75. The molecule has 6 heteroatoms. The van der Waals surface area contributed by atoms with Crippen LogP contribution in [0, 0.1) is 0 Å². The van der Waals surface area contributed by atoms with Crippen molar-refractivity contribution in [3.63, 3.8) is 0 Å². The average molecular weight is 292 g/mol. The molecule has 0 bridgehead atoms. The van der Waals surface area contributed by atoms with Crippen LogP contribution in [0.4, 0.5) is 4.79 Å². The summed E-state index contributed by atoms with van der Waals surface area (Å²) >= 11 is 1.57. The number of benzene rings is 1. The molecule has 0 saturated carbocycles. The highest BCUT2D eigenvalue weighted by Gasteiger charge is 2.45. The van der Waals surface area contributed by atoms with Crippen LogP contribution in [0.1, 0.15) is 12.0 Å². The highest BCUT2D eigenvalue weighted by molar-refractivity contribution is 8.00. The zero-order valence-electron chi connectivity index (χ0n) is 10.9. The molecule has 2 atom stereocenters. The fourth-order valence-electron chi connectivity index (χ4n) is 2.71. The van der Waals surface area contributed by atoms with Gasteiger partial charge in [-0.25, -0.2) is 9.59 Å². The zero-order valence-corrected chi connectivity index (χ0v) is 11.8. The quantitative estimate of drug-likeness (QED) is 0.923. The van der Waals surface area contributed by atoms with Crippen molar-refractivity contribution in [3.8, 4) is 0 Å². The second-order valence-electron chi connectivity index (χ2n) is 5.03. The molecule has 2 saturated heterocycles. The number of urea groups is 1. The molecule has 106 valence electrons. The fourth-order valence-corrected chi connectivity index (χ4v) is 4.09. The number of carbonyl (C=O) groups excluding carboxylic acids is 1. The van der Waals surface area contributed by atoms with Gasteiger partial charge in [-0.3, -0.25) is 4.90 Å². The molecule has 5 nitrogen and oxygen atoms in total. The zero-order chi connectivity index (χ0) is 14.1. The van der Waals surface area contributed by atoms with Crippen LogP contribution >= 0.6 is 11.8 Å². The van der Waals surface area contributed by atoms with Crippen molar-refractivity contribution >= 4 is 23.8 Å². The van der Waals surface area contributed by atoms with Crippen molar-refractivity contribution in [2.24, 2.45) is 0 Å². The molecule has 1 aromatic carbocycles. The van der Waals surface area contributed by atoms with E-state index >= 15 is 0 Å². The third-order valence-electron chi connectivity index (χ3n) is 3.73. The lowest BCUT2D eigenvalue weighted by Gasteiger charge is -2.38. The molecule has 1 unspecified atom stereocenters. The molecule has 2 heterocycles. The lowest BCUT2D eigenvalue weighted by Crippen LogP contribution is -2.55. The molecule has 2 fully saturated rings. The second-order valence-corrected chi connectivity index (χ2v) is 6.24. The van der Waals surface area contributed by atoms with Crippen LogP contribution < -0.4 is 0 Å². The SMILES string of the molecule is O=C(O)[C@H]1CSC2CCN(Cc3ccccc3)C(=O)N21. The van der Waals surface area contributed by atoms with Gasteiger partial charge < -0.3 is 10.0 Å². The van der Waals surface area contributed by atoms with Crippen LogP contribution in [-0.2, 0) is 11.3 Å². The molecule has 0 radical (unpaired) electrons. The van der Waals surface area contributed by atoms with Crippen molar-refractivity contribution in [2.75, 3.05) is 12.3 Å². The van der Waals surface area contributed by atoms with Gasteiger partial charge in [-0.1, -0.05) is 30.3 Å². The van der Waals surface area contributed by atoms with E-state index in [4.69, 9.17) is 0 Å². The number of carboxylic acids is 1. The van der Waals surface area contributed by atoms with Gasteiger partial charge in [-0.05, 0) is 12.0 Å². The van der Waals surface area contributed by atoms with Gasteiger partial charge in [0.15, 0.2) is 0 Å². The maximum atomic E-state index is 12.5. The summed E-state index contributed by atoms with van der Waals surface area (Å²) in [4.78, 5) is 27.0. The smallest absolute Gasteiger partial charge is 0.327 e. The summed E-state index contributed by atoms with van der Waals surface area (Å²) in [6, 6.07) is 8.95. The third-order valence-corrected chi connectivity index (χ3v) is 5.09. The number of hydrogen-bond donors (Lipinski definition) is 1. The molecule has 0 aliphatic carbocycles. The number of carboxylic acid groups (broad SMARTS) is 1. The maximum absolute atomic E-state index is 12.5. The molecule has 1 N–H and O–H groups in total. The number of hydrogen-bond acceptors (Lipinski definition) is 3. The van der Waals surface area contributed by atoms with Crippen molar-refractivity contribution < 1.29 is 14.7 Å². The average Bonchev–Trinajstić information content (AvgIpc) is 2.88. The molecule has 2 aliphatic rings. The van der Waals surface area contributed by atoms with E-state index in [2.05, 4.69) is 0 Å². The molecule has 2 aliphatic heterocycles. The highest BCUT2D eigenvalue weighted by atomic mass is 32.2. The van der Waals surface area contributed by atoms with E-state index in [0.717, 1.165) is 12.0 Å². The Bertz CT molecular complexity index is 522. The predicted octanol–water partition coefficient (Wildman–Crippen LogP) is 1.84. The Kier molecular flexibility index (Phi) is 3.56. The van der Waals surface area contributed by atoms with Gasteiger partial charge in [0, 0.05) is 18.8 Å². The standard InChI is InChI=1S/C14H16N2O3S/c17-13(18)11-9-20-12-6-7-15(14(19)16(11)12)8-10-4-2-1-3-5-10/h1-5,11-12H,6-9H2,(H,17,18)/t11-,12?/m1/s1. The van der Waals surface area contributed by atoms with Gasteiger partial charge in [0.05, 0.1) is 5.37 Å². The topological polar surface area (TPSA) is 60.9 Å². The van der Waals surface area contributed by atoms with Gasteiger partial charge in [0.1, 0.15) is 6.04 Å². The molecule has 20 heavy (non-hydrogen) atoms. The van der Waals surface area contributed by atoms with Gasteiger partial charge >= 0.3 is 12.0 Å². The van der Waals surface area contributed by atoms with Gasteiger partial charge in [0.2, 0.25) is 0 Å². The van der Waals surface area contributed by atoms with Gasteiger partial charge in [-0.15, -0.1) is 11.8 Å². The number of amides is 2. The molecule has 0 spiro atoms. The first-order valence-electron chi connectivity index (χ1n) is 6.62. The molecular weight excluding hydrogens is 276 g/mol. The van der Waals surface area contributed by atoms with Gasteiger partial charge in [0.25, 0.3) is 0 Å². The Labute approximate surface area is 121 Å². The summed E-state index contributed by atoms with van der Waals surface area (Å²) in [5.74, 6) is -0.417. The van der Waals surface area contributed by atoms with Crippen molar-refractivity contribution in [2.45, 2.75) is 24.4 Å². The molecule has 0 aromatic heterocycles. The third kappa shape index (κ3) is 2.35. The molecular formula is C14H16N2O3S. The van der Waals surface area contributed by atoms with E-state index in [1.54, 1.807) is 21.6 Å². The fraction of sp³-hybridized carbons (Fsp3) is 0.429. The number of nitrogens with zero attached hydrogens (tertiary/aromatic N) is 2. The van der Waals surface area contributed by atoms with E-state index in [1.807, 2.05) is 30.3 Å². The summed E-state index contributed by atoms with van der Waals surface area (Å²) in [7, 11) is 0. The minimum atomic E-state index is -0.907. The Morgan fingerprint density at radius 3 is 2.80 bits per heavy atom. The lowest BCUT2D eigenvalue weighted by molar-refractivity contribution is -0.141. The second kappa shape index (κ2) is 5.36. The Morgan fingerprint density at radius 2 is 2.10 bits per heavy atom. The van der Waals surface area contributed by atoms with Crippen LogP contribution in [0.5, 0.6) is 0 Å². The van der Waals surface area contributed by atoms with Crippen LogP contribution in [0.25, 0.3) is 0 Å². The maximum Gasteiger partial charge on any atom is 0.327 e. The molecule has 3 rings (SSSR count). The lowest BCUT2D eigenvalue weighted by atomic mass is 10.1. The summed E-state index contributed by atoms with van der Waals surface area (Å²) in [6.45, 7) is 1.23. The minimum Gasteiger partial charge on any atom is -0.480 e. The summed E-state index contributed by atoms with van der Waals surface area (Å²) in [6.07, 6.45) is 0.826. The van der Waals surface area contributed by atoms with Crippen molar-refractivity contribution in [1.82, 2.24) is 9.80 Å². The highest BCUT2D eigenvalue weighted by Crippen LogP contribution is 2.35. The molecule has 2 amide bonds. The van der Waals surface area contributed by atoms with Crippen molar-refractivity contribution in [1.29, 1.82) is 0 Å². The Hall–Kier alpha value is -1.69. The summed E-state index contributed by atoms with van der Waals surface area (Å²) < 4.78 is 0. The number of aliphatic carboxylic acids is 1. The number of rotatable bonds is 3. The number of fused-ring (bicyclic) bond motifs is 1. The van der Waals surface area contributed by atoms with E-state index < -0.39 is 12.0 Å². The first-order valence-corrected chi connectivity index (χ1v) is 7.67. The normalized spacial score (nSPS) is 25.7. The largest absolute Gasteiger partial charge is 0.480 e.